The molecule has 7 heteroatoms. The van der Waals surface area contributed by atoms with Gasteiger partial charge in [-0.15, -0.1) is 0 Å². The van der Waals surface area contributed by atoms with Crippen molar-refractivity contribution in [2.24, 2.45) is 5.73 Å². The van der Waals surface area contributed by atoms with Crippen LogP contribution in [0, 0.1) is 0 Å². The normalized spacial score (nSPS) is 19.3. The molecule has 7 nitrogen and oxygen atoms in total. The molecule has 2 aliphatic rings. The van der Waals surface area contributed by atoms with Crippen molar-refractivity contribution in [2.75, 3.05) is 43.1 Å². The molecule has 1 aliphatic carbocycles. The maximum atomic E-state index is 12.7. The molecule has 3 N–H and O–H groups in total. The van der Waals surface area contributed by atoms with Gasteiger partial charge in [0.05, 0.1) is 6.61 Å². The van der Waals surface area contributed by atoms with E-state index in [0.29, 0.717) is 31.4 Å². The van der Waals surface area contributed by atoms with Gasteiger partial charge in [0, 0.05) is 30.5 Å². The van der Waals surface area contributed by atoms with Crippen molar-refractivity contribution < 1.29 is 14.3 Å². The van der Waals surface area contributed by atoms with Gasteiger partial charge in [-0.25, -0.2) is 0 Å². The van der Waals surface area contributed by atoms with Gasteiger partial charge in [0.2, 0.25) is 5.91 Å². The number of hydrogen-bond donors (Lipinski definition) is 2. The molecule has 1 atom stereocenters. The van der Waals surface area contributed by atoms with Gasteiger partial charge >= 0.3 is 0 Å². The first kappa shape index (κ1) is 18.8. The molecule has 1 aliphatic heterocycles. The van der Waals surface area contributed by atoms with Gasteiger partial charge in [-0.1, -0.05) is 13.3 Å². The van der Waals surface area contributed by atoms with Crippen molar-refractivity contribution in [1.82, 2.24) is 4.90 Å². The quantitative estimate of drug-likeness (QED) is 0.763. The molecule has 0 aromatic heterocycles. The number of amides is 2. The van der Waals surface area contributed by atoms with Crippen LogP contribution in [0.25, 0.3) is 0 Å². The summed E-state index contributed by atoms with van der Waals surface area (Å²) < 4.78 is 5.15. The molecule has 1 saturated heterocycles. The Kier molecular flexibility index (Phi) is 6.24. The van der Waals surface area contributed by atoms with Crippen LogP contribution < -0.4 is 16.0 Å². The number of likely N-dealkylation sites (N-methyl/N-ethyl adjacent to an activating group) is 1. The highest BCUT2D eigenvalue weighted by atomic mass is 16.5. The molecule has 0 radical (unpaired) electrons. The van der Waals surface area contributed by atoms with Gasteiger partial charge in [-0.05, 0) is 43.7 Å². The minimum absolute atomic E-state index is 0.0460. The first-order valence-corrected chi connectivity index (χ1v) is 9.39. The summed E-state index contributed by atoms with van der Waals surface area (Å²) in [6.45, 7) is 4.39. The number of ether oxygens (including phenoxy) is 1. The number of rotatable bonds is 7. The number of morpholine rings is 1. The summed E-state index contributed by atoms with van der Waals surface area (Å²) in [4.78, 5) is 28.5. The van der Waals surface area contributed by atoms with Gasteiger partial charge in [0.1, 0.15) is 12.6 Å². The molecule has 142 valence electrons. The molecule has 3 rings (SSSR count). The molecule has 1 heterocycles. The predicted octanol–water partition coefficient (Wildman–Crippen LogP) is 1.19. The van der Waals surface area contributed by atoms with E-state index in [4.69, 9.17) is 10.5 Å². The molecular weight excluding hydrogens is 332 g/mol. The first-order valence-electron chi connectivity index (χ1n) is 9.39. The standard InChI is InChI=1S/C19H28N4O3/c1-2-22(15-4-3-5-15)17(12-20)19(25)21-14-6-8-16(9-7-14)23-10-11-26-13-18(23)24/h6-9,15,17H,2-5,10-13,20H2,1H3,(H,21,25)/t17-/m1/s1. The first-order chi connectivity index (χ1) is 12.6. The molecule has 1 aromatic rings. The molecule has 2 amide bonds. The largest absolute Gasteiger partial charge is 0.370 e. The highest BCUT2D eigenvalue weighted by molar-refractivity contribution is 5.97. The van der Waals surface area contributed by atoms with Crippen LogP contribution in [0.15, 0.2) is 24.3 Å². The summed E-state index contributed by atoms with van der Waals surface area (Å²) in [5.41, 5.74) is 7.43. The van der Waals surface area contributed by atoms with E-state index in [1.165, 1.54) is 6.42 Å². The lowest BCUT2D eigenvalue weighted by Crippen LogP contribution is -2.54. The van der Waals surface area contributed by atoms with E-state index in [0.717, 1.165) is 25.1 Å². The molecule has 26 heavy (non-hydrogen) atoms. The maximum Gasteiger partial charge on any atom is 0.253 e. The van der Waals surface area contributed by atoms with E-state index in [2.05, 4.69) is 17.1 Å². The van der Waals surface area contributed by atoms with E-state index in [1.807, 2.05) is 24.3 Å². The highest BCUT2D eigenvalue weighted by Gasteiger charge is 2.32. The van der Waals surface area contributed by atoms with Crippen molar-refractivity contribution in [3.63, 3.8) is 0 Å². The summed E-state index contributed by atoms with van der Waals surface area (Å²) in [6.07, 6.45) is 3.50. The minimum Gasteiger partial charge on any atom is -0.370 e. The lowest BCUT2D eigenvalue weighted by Gasteiger charge is -2.40. The molecule has 0 bridgehead atoms. The van der Waals surface area contributed by atoms with Crippen LogP contribution in [0.1, 0.15) is 26.2 Å². The fourth-order valence-corrected chi connectivity index (χ4v) is 3.59. The number of nitrogens with zero attached hydrogens (tertiary/aromatic N) is 2. The fraction of sp³-hybridized carbons (Fsp3) is 0.579. The summed E-state index contributed by atoms with van der Waals surface area (Å²) in [7, 11) is 0. The average molecular weight is 360 g/mol. The Morgan fingerprint density at radius 2 is 2.12 bits per heavy atom. The lowest BCUT2D eigenvalue weighted by molar-refractivity contribution is -0.125. The Bertz CT molecular complexity index is 630. The predicted molar refractivity (Wildman–Crippen MR) is 101 cm³/mol. The van der Waals surface area contributed by atoms with E-state index >= 15 is 0 Å². The van der Waals surface area contributed by atoms with Gasteiger partial charge in [0.25, 0.3) is 5.91 Å². The van der Waals surface area contributed by atoms with Crippen molar-refractivity contribution >= 4 is 23.2 Å². The monoisotopic (exact) mass is 360 g/mol. The second-order valence-electron chi connectivity index (χ2n) is 6.80. The van der Waals surface area contributed by atoms with E-state index in [-0.39, 0.29) is 24.5 Å². The number of nitrogens with one attached hydrogen (secondary N) is 1. The average Bonchev–Trinajstić information content (AvgIpc) is 2.61. The van der Waals surface area contributed by atoms with Crippen LogP contribution in [0.3, 0.4) is 0 Å². The Morgan fingerprint density at radius 1 is 1.38 bits per heavy atom. The zero-order valence-electron chi connectivity index (χ0n) is 15.3. The summed E-state index contributed by atoms with van der Waals surface area (Å²) in [6, 6.07) is 7.49. The molecular formula is C19H28N4O3. The van der Waals surface area contributed by atoms with Crippen LogP contribution in [-0.4, -0.2) is 61.6 Å². The van der Waals surface area contributed by atoms with Crippen LogP contribution >= 0.6 is 0 Å². The van der Waals surface area contributed by atoms with Gasteiger partial charge in [0.15, 0.2) is 0 Å². The summed E-state index contributed by atoms with van der Waals surface area (Å²) >= 11 is 0. The number of hydrogen-bond acceptors (Lipinski definition) is 5. The van der Waals surface area contributed by atoms with Crippen LogP contribution in [0.5, 0.6) is 0 Å². The number of carbonyl (C=O) groups is 2. The van der Waals surface area contributed by atoms with Crippen molar-refractivity contribution in [2.45, 2.75) is 38.3 Å². The zero-order chi connectivity index (χ0) is 18.5. The second kappa shape index (κ2) is 8.62. The molecule has 1 saturated carbocycles. The third kappa shape index (κ3) is 4.06. The number of nitrogens with two attached hydrogens (primary N) is 1. The number of anilines is 2. The molecule has 1 aromatic carbocycles. The lowest BCUT2D eigenvalue weighted by atomic mass is 9.90. The van der Waals surface area contributed by atoms with Gasteiger partial charge in [-0.3, -0.25) is 14.5 Å². The van der Waals surface area contributed by atoms with Crippen LogP contribution in [-0.2, 0) is 14.3 Å². The fourth-order valence-electron chi connectivity index (χ4n) is 3.59. The van der Waals surface area contributed by atoms with Gasteiger partial charge < -0.3 is 20.7 Å². The SMILES string of the molecule is CCN(C1CCC1)[C@H](CN)C(=O)Nc1ccc(N2CCOCC2=O)cc1. The van der Waals surface area contributed by atoms with E-state index in [9.17, 15) is 9.59 Å². The Morgan fingerprint density at radius 3 is 2.65 bits per heavy atom. The Labute approximate surface area is 154 Å². The van der Waals surface area contributed by atoms with Crippen molar-refractivity contribution in [3.8, 4) is 0 Å². The second-order valence-corrected chi connectivity index (χ2v) is 6.80. The van der Waals surface area contributed by atoms with Crippen LogP contribution in [0.2, 0.25) is 0 Å². The maximum absolute atomic E-state index is 12.7. The molecule has 0 unspecified atom stereocenters. The third-order valence-corrected chi connectivity index (χ3v) is 5.27. The zero-order valence-corrected chi connectivity index (χ0v) is 15.3. The number of carbonyl (C=O) groups excluding carboxylic acids is 2. The molecule has 0 spiro atoms. The van der Waals surface area contributed by atoms with E-state index < -0.39 is 0 Å². The van der Waals surface area contributed by atoms with E-state index in [1.54, 1.807) is 4.90 Å². The minimum atomic E-state index is -0.314. The van der Waals surface area contributed by atoms with Crippen LogP contribution in [0.4, 0.5) is 11.4 Å². The highest BCUT2D eigenvalue weighted by Crippen LogP contribution is 2.26. The Hall–Kier alpha value is -1.96. The summed E-state index contributed by atoms with van der Waals surface area (Å²) in [5.74, 6) is -0.119. The number of benzene rings is 1. The third-order valence-electron chi connectivity index (χ3n) is 5.27. The smallest absolute Gasteiger partial charge is 0.253 e. The molecule has 2 fully saturated rings. The summed E-state index contributed by atoms with van der Waals surface area (Å²) in [5, 5.41) is 2.96. The van der Waals surface area contributed by atoms with Crippen molar-refractivity contribution in [1.29, 1.82) is 0 Å². The Balaban J connectivity index is 1.63. The topological polar surface area (TPSA) is 87.9 Å². The van der Waals surface area contributed by atoms with Gasteiger partial charge in [-0.2, -0.15) is 0 Å². The van der Waals surface area contributed by atoms with Crippen molar-refractivity contribution in [3.05, 3.63) is 24.3 Å².